The highest BCUT2D eigenvalue weighted by Crippen LogP contribution is 2.11. The molecule has 0 saturated carbocycles. The van der Waals surface area contributed by atoms with Crippen LogP contribution in [-0.2, 0) is 0 Å². The zero-order valence-corrected chi connectivity index (χ0v) is 5.73. The SMILES string of the molecule is Fc1ncccc1N=C=S. The molecule has 1 aromatic rings. The predicted molar refractivity (Wildman–Crippen MR) is 38.9 cm³/mol. The number of aromatic nitrogens is 1. The number of aliphatic imine (C=N–C) groups is 1. The van der Waals surface area contributed by atoms with Crippen LogP contribution >= 0.6 is 12.2 Å². The molecule has 0 spiro atoms. The van der Waals surface area contributed by atoms with Crippen molar-refractivity contribution in [1.82, 2.24) is 4.98 Å². The molecule has 0 radical (unpaired) electrons. The minimum atomic E-state index is -0.625. The van der Waals surface area contributed by atoms with Crippen LogP contribution in [-0.4, -0.2) is 10.1 Å². The summed E-state index contributed by atoms with van der Waals surface area (Å²) in [6.07, 6.45) is 1.34. The highest BCUT2D eigenvalue weighted by molar-refractivity contribution is 7.78. The number of pyridine rings is 1. The van der Waals surface area contributed by atoms with Crippen molar-refractivity contribution in [3.05, 3.63) is 24.3 Å². The molecule has 0 aliphatic rings. The van der Waals surface area contributed by atoms with Crippen LogP contribution < -0.4 is 0 Å². The summed E-state index contributed by atoms with van der Waals surface area (Å²) >= 11 is 4.28. The van der Waals surface area contributed by atoms with Gasteiger partial charge >= 0.3 is 0 Å². The molecule has 2 nitrogen and oxygen atoms in total. The van der Waals surface area contributed by atoms with E-state index in [0.717, 1.165) is 0 Å². The first-order valence-corrected chi connectivity index (χ1v) is 2.94. The van der Waals surface area contributed by atoms with Gasteiger partial charge < -0.3 is 0 Å². The fourth-order valence-corrected chi connectivity index (χ4v) is 0.608. The molecule has 1 heterocycles. The van der Waals surface area contributed by atoms with E-state index in [1.54, 1.807) is 6.07 Å². The van der Waals surface area contributed by atoms with Crippen molar-refractivity contribution in [2.75, 3.05) is 0 Å². The standard InChI is InChI=1S/C6H3FN2S/c7-6-5(9-4-10)2-1-3-8-6/h1-3H. The molecule has 1 rings (SSSR count). The van der Waals surface area contributed by atoms with Crippen LogP contribution in [0.2, 0.25) is 0 Å². The van der Waals surface area contributed by atoms with Gasteiger partial charge in [-0.25, -0.2) is 4.98 Å². The van der Waals surface area contributed by atoms with Crippen molar-refractivity contribution in [2.45, 2.75) is 0 Å². The Hall–Kier alpha value is -1.12. The molecule has 0 fully saturated rings. The molecule has 0 saturated heterocycles. The second-order valence-corrected chi connectivity index (χ2v) is 1.70. The van der Waals surface area contributed by atoms with Crippen LogP contribution in [0.25, 0.3) is 0 Å². The van der Waals surface area contributed by atoms with Crippen molar-refractivity contribution in [3.8, 4) is 0 Å². The number of hydrogen-bond donors (Lipinski definition) is 0. The third-order valence-electron chi connectivity index (χ3n) is 0.905. The van der Waals surface area contributed by atoms with Crippen LogP contribution in [0.15, 0.2) is 23.3 Å². The normalized spacial score (nSPS) is 8.50. The Morgan fingerprint density at radius 1 is 1.70 bits per heavy atom. The highest BCUT2D eigenvalue weighted by atomic mass is 32.1. The smallest absolute Gasteiger partial charge is 0.226 e. The van der Waals surface area contributed by atoms with E-state index in [9.17, 15) is 4.39 Å². The van der Waals surface area contributed by atoms with Gasteiger partial charge in [-0.2, -0.15) is 9.38 Å². The van der Waals surface area contributed by atoms with Crippen molar-refractivity contribution in [3.63, 3.8) is 0 Å². The molecule has 4 heteroatoms. The molecule has 1 aromatic heterocycles. The van der Waals surface area contributed by atoms with Gasteiger partial charge in [-0.15, -0.1) is 0 Å². The molecule has 0 unspecified atom stereocenters. The minimum Gasteiger partial charge on any atom is -0.226 e. The second-order valence-electron chi connectivity index (χ2n) is 1.52. The zero-order valence-electron chi connectivity index (χ0n) is 4.91. The summed E-state index contributed by atoms with van der Waals surface area (Å²) in [7, 11) is 0. The number of rotatable bonds is 1. The summed E-state index contributed by atoms with van der Waals surface area (Å²) in [6, 6.07) is 3.05. The lowest BCUT2D eigenvalue weighted by Crippen LogP contribution is -1.78. The van der Waals surface area contributed by atoms with Crippen molar-refractivity contribution in [2.24, 2.45) is 4.99 Å². The number of halogens is 1. The topological polar surface area (TPSA) is 25.2 Å². The monoisotopic (exact) mass is 154 g/mol. The average molecular weight is 154 g/mol. The Morgan fingerprint density at radius 3 is 3.10 bits per heavy atom. The van der Waals surface area contributed by atoms with Crippen LogP contribution in [0.1, 0.15) is 0 Å². The molecule has 0 aromatic carbocycles. The van der Waals surface area contributed by atoms with Gasteiger partial charge in [0.2, 0.25) is 5.95 Å². The van der Waals surface area contributed by atoms with Crippen molar-refractivity contribution < 1.29 is 4.39 Å². The van der Waals surface area contributed by atoms with Gasteiger partial charge in [0.1, 0.15) is 5.69 Å². The Labute approximate surface area is 62.4 Å². The van der Waals surface area contributed by atoms with Crippen molar-refractivity contribution in [1.29, 1.82) is 0 Å². The van der Waals surface area contributed by atoms with Crippen molar-refractivity contribution >= 4 is 23.1 Å². The molecule has 0 aliphatic heterocycles. The minimum absolute atomic E-state index is 0.123. The van der Waals surface area contributed by atoms with Gasteiger partial charge in [0.25, 0.3) is 0 Å². The maximum absolute atomic E-state index is 12.5. The largest absolute Gasteiger partial charge is 0.239 e. The highest BCUT2D eigenvalue weighted by Gasteiger charge is 1.96. The summed E-state index contributed by atoms with van der Waals surface area (Å²) in [4.78, 5) is 6.78. The third kappa shape index (κ3) is 1.43. The lowest BCUT2D eigenvalue weighted by atomic mass is 10.4. The lowest BCUT2D eigenvalue weighted by Gasteiger charge is -1.88. The first kappa shape index (κ1) is 6.99. The number of isothiocyanates is 1. The van der Waals surface area contributed by atoms with Gasteiger partial charge in [0.15, 0.2) is 0 Å². The van der Waals surface area contributed by atoms with Gasteiger partial charge in [-0.1, -0.05) is 0 Å². The van der Waals surface area contributed by atoms with E-state index in [1.807, 2.05) is 0 Å². The van der Waals surface area contributed by atoms with E-state index in [1.165, 1.54) is 12.3 Å². The number of thiocarbonyl (C=S) groups is 1. The Kier molecular flexibility index (Phi) is 2.20. The molecular weight excluding hydrogens is 151 g/mol. The summed E-state index contributed by atoms with van der Waals surface area (Å²) < 4.78 is 12.5. The second kappa shape index (κ2) is 3.15. The fraction of sp³-hybridized carbons (Fsp3) is 0. The van der Waals surface area contributed by atoms with E-state index in [4.69, 9.17) is 0 Å². The first-order valence-electron chi connectivity index (χ1n) is 2.53. The molecule has 0 amide bonds. The maximum Gasteiger partial charge on any atom is 0.239 e. The van der Waals surface area contributed by atoms with E-state index in [2.05, 4.69) is 27.4 Å². The molecule has 0 aliphatic carbocycles. The van der Waals surface area contributed by atoms with Crippen LogP contribution in [0.3, 0.4) is 0 Å². The summed E-state index contributed by atoms with van der Waals surface area (Å²) in [5, 5.41) is 2.05. The Bertz CT molecular complexity index is 281. The molecule has 50 valence electrons. The van der Waals surface area contributed by atoms with Crippen LogP contribution in [0.5, 0.6) is 0 Å². The molecule has 0 bridgehead atoms. The maximum atomic E-state index is 12.5. The summed E-state index contributed by atoms with van der Waals surface area (Å²) in [5.41, 5.74) is 0.123. The quantitative estimate of drug-likeness (QED) is 0.351. The first-order chi connectivity index (χ1) is 4.84. The molecular formula is C6H3FN2S. The number of hydrogen-bond acceptors (Lipinski definition) is 3. The van der Waals surface area contributed by atoms with Gasteiger partial charge in [0, 0.05) is 6.20 Å². The number of nitrogens with zero attached hydrogens (tertiary/aromatic N) is 2. The zero-order chi connectivity index (χ0) is 7.40. The molecule has 10 heavy (non-hydrogen) atoms. The summed E-state index contributed by atoms with van der Waals surface area (Å²) in [6.45, 7) is 0. The van der Waals surface area contributed by atoms with Crippen LogP contribution in [0.4, 0.5) is 10.1 Å². The van der Waals surface area contributed by atoms with E-state index < -0.39 is 5.95 Å². The molecule has 0 atom stereocenters. The fourth-order valence-electron chi connectivity index (χ4n) is 0.510. The average Bonchev–Trinajstić information content (AvgIpc) is 1.94. The van der Waals surface area contributed by atoms with Gasteiger partial charge in [-0.3, -0.25) is 0 Å². The lowest BCUT2D eigenvalue weighted by molar-refractivity contribution is 0.586. The van der Waals surface area contributed by atoms with E-state index in [-0.39, 0.29) is 5.69 Å². The van der Waals surface area contributed by atoms with Gasteiger partial charge in [0.05, 0.1) is 5.16 Å². The van der Waals surface area contributed by atoms with E-state index in [0.29, 0.717) is 0 Å². The third-order valence-corrected chi connectivity index (χ3v) is 0.997. The molecule has 0 N–H and O–H groups in total. The van der Waals surface area contributed by atoms with Gasteiger partial charge in [-0.05, 0) is 24.4 Å². The Balaban J connectivity index is 3.14. The Morgan fingerprint density at radius 2 is 2.50 bits per heavy atom. The van der Waals surface area contributed by atoms with E-state index >= 15 is 0 Å². The summed E-state index contributed by atoms with van der Waals surface area (Å²) in [5.74, 6) is -0.625. The van der Waals surface area contributed by atoms with Crippen LogP contribution in [0, 0.1) is 5.95 Å². The predicted octanol–water partition coefficient (Wildman–Crippen LogP) is 1.95.